The van der Waals surface area contributed by atoms with Crippen LogP contribution in [0.3, 0.4) is 0 Å². The number of hydrogen-bond donors (Lipinski definition) is 15. The summed E-state index contributed by atoms with van der Waals surface area (Å²) in [5.74, 6) is 0. The van der Waals surface area contributed by atoms with Gasteiger partial charge in [-0.05, 0) is 0 Å². The third-order valence-electron chi connectivity index (χ3n) is 0. The van der Waals surface area contributed by atoms with Gasteiger partial charge in [0.25, 0.3) is 0 Å². The molecule has 37 heteroatoms. The van der Waals surface area contributed by atoms with Crippen LogP contribution in [0.1, 0.15) is 0 Å². The molecule has 0 atom stereocenters. The third-order valence-corrected chi connectivity index (χ3v) is 0. The van der Waals surface area contributed by atoms with Crippen molar-refractivity contribution in [1.82, 2.24) is 36.9 Å². The first-order chi connectivity index (χ1) is 10.0. The zero-order valence-electron chi connectivity index (χ0n) is 21.0. The Labute approximate surface area is 343 Å². The zero-order chi connectivity index (χ0) is 22.5. The first kappa shape index (κ1) is 112. The standard InChI is InChI=1S/6H3N.6Na.5H3O4P/c;;;;;;;;;;;;5*1-5(2,3)4/h6*1H3;;;;;;;5*(H3,1,2,3,4)/q;;;;;;6*+1;;;;;/p-6. The van der Waals surface area contributed by atoms with Crippen molar-refractivity contribution >= 4 is 39.1 Å². The van der Waals surface area contributed by atoms with Gasteiger partial charge in [0.1, 0.15) is 0 Å². The van der Waals surface area contributed by atoms with Crippen LogP contribution in [0.25, 0.3) is 0 Å². The van der Waals surface area contributed by atoms with Crippen LogP contribution in [-0.4, -0.2) is 44.0 Å². The minimum absolute atomic E-state index is 0. The second kappa shape index (κ2) is 54.8. The second-order valence-corrected chi connectivity index (χ2v) is 7.30. The summed E-state index contributed by atoms with van der Waals surface area (Å²) in [6.45, 7) is 0. The summed E-state index contributed by atoms with van der Waals surface area (Å²) >= 11 is 0. The normalized spacial score (nSPS) is 7.97. The molecule has 37 heavy (non-hydrogen) atoms. The second-order valence-electron chi connectivity index (χ2n) is 2.43. The van der Waals surface area contributed by atoms with Crippen LogP contribution in [0.5, 0.6) is 0 Å². The molecule has 0 amide bonds. The van der Waals surface area contributed by atoms with Gasteiger partial charge < -0.3 is 119 Å². The number of rotatable bonds is 0. The van der Waals surface area contributed by atoms with Gasteiger partial charge >= 0.3 is 201 Å². The van der Waals surface area contributed by atoms with Crippen LogP contribution >= 0.6 is 39.1 Å². The maximum Gasteiger partial charge on any atom is 1.00 e. The first-order valence-corrected chi connectivity index (χ1v) is 11.4. The average Bonchev–Trinajstić information content (AvgIpc) is 1.79. The van der Waals surface area contributed by atoms with E-state index in [-0.39, 0.29) is 214 Å². The monoisotopic (exact) mass is 724 g/mol. The van der Waals surface area contributed by atoms with E-state index in [0.29, 0.717) is 0 Å². The Kier molecular flexibility index (Phi) is 166. The quantitative estimate of drug-likeness (QED) is 0.0814. The molecular weight excluding hydrogens is 697 g/mol. The first-order valence-electron chi connectivity index (χ1n) is 3.81. The number of hydrogen-bond acceptors (Lipinski definition) is 17. The van der Waals surface area contributed by atoms with Gasteiger partial charge in [0, 0.05) is 0 Å². The molecule has 0 fully saturated rings. The van der Waals surface area contributed by atoms with Crippen LogP contribution in [0.4, 0.5) is 0 Å². The minimum atomic E-state index is -5.39. The molecule has 0 unspecified atom stereocenters. The fourth-order valence-electron chi connectivity index (χ4n) is 0. The largest absolute Gasteiger partial charge is 1.00 e. The predicted molar refractivity (Wildman–Crippen MR) is 88.1 cm³/mol. The van der Waals surface area contributed by atoms with E-state index < -0.39 is 39.1 Å². The van der Waals surface area contributed by atoms with Crippen molar-refractivity contribution in [1.29, 1.82) is 0 Å². The summed E-state index contributed by atoms with van der Waals surface area (Å²) in [6, 6.07) is 0. The molecular formula is H27N6Na6O20P5. The van der Waals surface area contributed by atoms with E-state index in [4.69, 9.17) is 96.2 Å². The molecule has 0 aliphatic rings. The van der Waals surface area contributed by atoms with Crippen molar-refractivity contribution in [3.8, 4) is 0 Å². The molecule has 0 bridgehead atoms. The molecule has 0 aliphatic carbocycles. The summed E-state index contributed by atoms with van der Waals surface area (Å²) in [6.07, 6.45) is 0. The molecule has 0 aromatic carbocycles. The summed E-state index contributed by atoms with van der Waals surface area (Å²) in [5, 5.41) is 0. The Balaban J connectivity index is -0.00000000833. The van der Waals surface area contributed by atoms with Crippen LogP contribution in [0.15, 0.2) is 0 Å². The predicted octanol–water partition coefficient (Wildman–Crippen LogP) is -25.4. The van der Waals surface area contributed by atoms with Gasteiger partial charge in [0.15, 0.2) is 0 Å². The molecule has 0 heterocycles. The fourth-order valence-corrected chi connectivity index (χ4v) is 0. The van der Waals surface area contributed by atoms with Crippen molar-refractivity contribution in [2.45, 2.75) is 0 Å². The van der Waals surface area contributed by atoms with E-state index in [0.717, 1.165) is 0 Å². The smallest absolute Gasteiger partial charge is 0.822 e. The van der Waals surface area contributed by atoms with Gasteiger partial charge in [-0.3, -0.25) is 0 Å². The SMILES string of the molecule is N.N.N.N.N.N.O=P(O)(O)O.O=P(O)(O)O.O=P(O)(O)O.O=P([O-])([O-])[O-].O=P([O-])([O-])[O-].[Na+].[Na+].[Na+].[Na+].[Na+].[Na+]. The van der Waals surface area contributed by atoms with Crippen molar-refractivity contribution in [2.75, 3.05) is 0 Å². The molecule has 208 valence electrons. The topological polar surface area (TPSA) is 616 Å². The zero-order valence-corrected chi connectivity index (χ0v) is 37.5. The van der Waals surface area contributed by atoms with Crippen molar-refractivity contribution < 1.29 is 274 Å². The van der Waals surface area contributed by atoms with Crippen LogP contribution in [-0.2, 0) is 22.8 Å². The van der Waals surface area contributed by atoms with Crippen LogP contribution in [0.2, 0.25) is 0 Å². The van der Waals surface area contributed by atoms with E-state index in [9.17, 15) is 0 Å². The van der Waals surface area contributed by atoms with E-state index in [1.54, 1.807) is 0 Å². The summed E-state index contributed by atoms with van der Waals surface area (Å²) in [5.41, 5.74) is 0. The summed E-state index contributed by atoms with van der Waals surface area (Å²) in [4.78, 5) is 116. The van der Waals surface area contributed by atoms with E-state index in [2.05, 4.69) is 0 Å². The van der Waals surface area contributed by atoms with Gasteiger partial charge in [0.05, 0.1) is 0 Å². The molecule has 0 rings (SSSR count). The van der Waals surface area contributed by atoms with E-state index in [1.165, 1.54) is 0 Å². The van der Waals surface area contributed by atoms with Crippen molar-refractivity contribution in [3.05, 3.63) is 0 Å². The summed E-state index contributed by atoms with van der Waals surface area (Å²) < 4.78 is 43.7. The molecule has 27 N–H and O–H groups in total. The van der Waals surface area contributed by atoms with Crippen molar-refractivity contribution in [2.24, 2.45) is 0 Å². The van der Waals surface area contributed by atoms with Gasteiger partial charge in [0.2, 0.25) is 0 Å². The summed E-state index contributed by atoms with van der Waals surface area (Å²) in [7, 11) is -24.7. The molecule has 0 saturated heterocycles. The average molecular weight is 724 g/mol. The van der Waals surface area contributed by atoms with Crippen molar-refractivity contribution in [3.63, 3.8) is 0 Å². The molecule has 0 spiro atoms. The Bertz CT molecular complexity index is 411. The molecule has 0 aromatic heterocycles. The van der Waals surface area contributed by atoms with Crippen LogP contribution < -0.4 is 244 Å². The third kappa shape index (κ3) is 1730. The molecule has 0 radical (unpaired) electrons. The molecule has 0 saturated carbocycles. The van der Waals surface area contributed by atoms with E-state index >= 15 is 0 Å². The maximum atomic E-state index is 8.88. The minimum Gasteiger partial charge on any atom is -0.822 e. The van der Waals surface area contributed by atoms with E-state index in [1.807, 2.05) is 0 Å². The Morgan fingerprint density at radius 2 is 0.297 bits per heavy atom. The molecule has 0 aliphatic heterocycles. The molecule has 26 nitrogen and oxygen atoms in total. The van der Waals surface area contributed by atoms with Crippen LogP contribution in [0, 0.1) is 0 Å². The van der Waals surface area contributed by atoms with Gasteiger partial charge in [-0.25, -0.2) is 13.7 Å². The maximum absolute atomic E-state index is 8.88. The van der Waals surface area contributed by atoms with Gasteiger partial charge in [-0.2, -0.15) is 15.6 Å². The molecule has 0 aromatic rings. The van der Waals surface area contributed by atoms with Gasteiger partial charge in [-0.1, -0.05) is 0 Å². The number of phosphoric acid groups is 5. The Morgan fingerprint density at radius 3 is 0.297 bits per heavy atom. The Hall–Kier alpha value is 6.31. The Morgan fingerprint density at radius 1 is 0.297 bits per heavy atom. The fraction of sp³-hybridized carbons (Fsp3) is 0. The van der Waals surface area contributed by atoms with Gasteiger partial charge in [-0.15, -0.1) is 0 Å².